The Morgan fingerprint density at radius 1 is 0.976 bits per heavy atom. The minimum Gasteiger partial charge on any atom is -0.444 e. The minimum absolute atomic E-state index is 0.0179. The molecule has 3 fully saturated rings. The number of hydrogen-bond acceptors (Lipinski definition) is 6. The Labute approximate surface area is 241 Å². The third kappa shape index (κ3) is 6.84. The van der Waals surface area contributed by atoms with Gasteiger partial charge in [0.1, 0.15) is 5.60 Å². The largest absolute Gasteiger partial charge is 0.444 e. The molecule has 10 nitrogen and oxygen atoms in total. The number of piperidine rings is 1. The molecule has 0 bridgehead atoms. The first-order chi connectivity index (χ1) is 19.6. The SMILES string of the molecule is C#[N+]C1CCCN1C(=O)Cc1ccc(-c2ncc(C(=O)N(C3CC3)C3CCN(C(=O)OC(C)(C)C)CC3)cn2)cc1. The van der Waals surface area contributed by atoms with E-state index in [9.17, 15) is 14.4 Å². The topological polar surface area (TPSA) is 100 Å². The Morgan fingerprint density at radius 3 is 2.20 bits per heavy atom. The average Bonchev–Trinajstić information content (AvgIpc) is 3.67. The summed E-state index contributed by atoms with van der Waals surface area (Å²) in [4.78, 5) is 57.0. The van der Waals surface area contributed by atoms with Gasteiger partial charge in [-0.25, -0.2) is 14.8 Å². The van der Waals surface area contributed by atoms with E-state index >= 15 is 0 Å². The zero-order valence-electron chi connectivity index (χ0n) is 24.2. The van der Waals surface area contributed by atoms with Gasteiger partial charge in [0.25, 0.3) is 12.5 Å². The third-order valence-electron chi connectivity index (χ3n) is 7.86. The molecule has 0 N–H and O–H groups in total. The molecule has 2 saturated heterocycles. The number of likely N-dealkylation sites (tertiary alicyclic amines) is 2. The van der Waals surface area contributed by atoms with Gasteiger partial charge < -0.3 is 14.5 Å². The van der Waals surface area contributed by atoms with E-state index in [2.05, 4.69) is 14.8 Å². The summed E-state index contributed by atoms with van der Waals surface area (Å²) >= 11 is 0. The van der Waals surface area contributed by atoms with Crippen LogP contribution in [-0.2, 0) is 16.0 Å². The van der Waals surface area contributed by atoms with E-state index < -0.39 is 5.60 Å². The van der Waals surface area contributed by atoms with Crippen molar-refractivity contribution in [2.24, 2.45) is 0 Å². The summed E-state index contributed by atoms with van der Waals surface area (Å²) in [6, 6.07) is 7.88. The third-order valence-corrected chi connectivity index (χ3v) is 7.86. The van der Waals surface area contributed by atoms with E-state index in [1.165, 1.54) is 0 Å². The zero-order chi connectivity index (χ0) is 29.1. The van der Waals surface area contributed by atoms with Crippen molar-refractivity contribution < 1.29 is 19.1 Å². The second-order valence-electron chi connectivity index (χ2n) is 12.2. The molecule has 1 atom stereocenters. The molecular weight excluding hydrogens is 520 g/mol. The first-order valence-electron chi connectivity index (χ1n) is 14.5. The van der Waals surface area contributed by atoms with Gasteiger partial charge in [-0.1, -0.05) is 29.1 Å². The van der Waals surface area contributed by atoms with Crippen molar-refractivity contribution in [1.82, 2.24) is 24.7 Å². The van der Waals surface area contributed by atoms with E-state index in [0.29, 0.717) is 43.9 Å². The molecule has 1 aliphatic carbocycles. The lowest BCUT2D eigenvalue weighted by molar-refractivity contribution is -0.130. The van der Waals surface area contributed by atoms with Crippen molar-refractivity contribution in [2.75, 3.05) is 19.6 Å². The fraction of sp³-hybridized carbons (Fsp3) is 0.548. The summed E-state index contributed by atoms with van der Waals surface area (Å²) in [6.45, 7) is 12.8. The maximum absolute atomic E-state index is 13.6. The number of aromatic nitrogens is 2. The first kappa shape index (κ1) is 28.5. The van der Waals surface area contributed by atoms with E-state index in [1.54, 1.807) is 22.2 Å². The highest BCUT2D eigenvalue weighted by Crippen LogP contribution is 2.33. The molecule has 3 amide bonds. The molecule has 1 unspecified atom stereocenters. The van der Waals surface area contributed by atoms with Gasteiger partial charge in [-0.05, 0) is 58.4 Å². The summed E-state index contributed by atoms with van der Waals surface area (Å²) in [5, 5.41) is 0. The summed E-state index contributed by atoms with van der Waals surface area (Å²) in [7, 11) is 0. The molecule has 5 rings (SSSR count). The molecule has 2 aliphatic heterocycles. The molecule has 0 radical (unpaired) electrons. The van der Waals surface area contributed by atoms with Crippen molar-refractivity contribution in [1.29, 1.82) is 0 Å². The van der Waals surface area contributed by atoms with Crippen LogP contribution in [-0.4, -0.2) is 86.1 Å². The quantitative estimate of drug-likeness (QED) is 0.513. The van der Waals surface area contributed by atoms with Gasteiger partial charge in [0.2, 0.25) is 5.91 Å². The summed E-state index contributed by atoms with van der Waals surface area (Å²) < 4.78 is 5.51. The second-order valence-corrected chi connectivity index (χ2v) is 12.2. The molecule has 1 saturated carbocycles. The maximum Gasteiger partial charge on any atom is 0.410 e. The van der Waals surface area contributed by atoms with Crippen LogP contribution in [0.5, 0.6) is 0 Å². The lowest BCUT2D eigenvalue weighted by Crippen LogP contribution is -2.50. The van der Waals surface area contributed by atoms with Crippen LogP contribution in [0.25, 0.3) is 16.2 Å². The van der Waals surface area contributed by atoms with Crippen LogP contribution < -0.4 is 0 Å². The van der Waals surface area contributed by atoms with Crippen LogP contribution in [0, 0.1) is 6.57 Å². The van der Waals surface area contributed by atoms with Crippen molar-refractivity contribution in [3.05, 3.63) is 52.6 Å². The highest BCUT2D eigenvalue weighted by molar-refractivity contribution is 5.94. The van der Waals surface area contributed by atoms with Crippen LogP contribution in [0.4, 0.5) is 4.79 Å². The van der Waals surface area contributed by atoms with Gasteiger partial charge in [-0.15, -0.1) is 0 Å². The van der Waals surface area contributed by atoms with Crippen LogP contribution >= 0.6 is 0 Å². The number of ether oxygens (including phenoxy) is 1. The Kier molecular flexibility index (Phi) is 8.25. The van der Waals surface area contributed by atoms with Gasteiger partial charge in [-0.3, -0.25) is 14.5 Å². The number of rotatable bonds is 6. The smallest absolute Gasteiger partial charge is 0.410 e. The van der Waals surface area contributed by atoms with E-state index in [4.69, 9.17) is 11.3 Å². The van der Waals surface area contributed by atoms with Crippen molar-refractivity contribution >= 4 is 17.9 Å². The van der Waals surface area contributed by atoms with Crippen LogP contribution in [0.1, 0.15) is 75.2 Å². The van der Waals surface area contributed by atoms with E-state index in [-0.39, 0.29) is 42.6 Å². The van der Waals surface area contributed by atoms with Crippen LogP contribution in [0.15, 0.2) is 36.7 Å². The fourth-order valence-electron chi connectivity index (χ4n) is 5.62. The Bertz CT molecular complexity index is 1300. The van der Waals surface area contributed by atoms with E-state index in [0.717, 1.165) is 36.8 Å². The standard InChI is InChI=1S/C31H39N6O4/c1-31(2,3)41-30(40)35-16-13-25(14-17-35)37(24-11-12-24)29(39)23-19-33-28(34-20-23)22-9-7-21(8-10-22)18-27(38)36-15-5-6-26(36)32-4/h4,7-10,19-20,24-26H,5-6,11-18H2,1-3H3/q+1. The van der Waals surface area contributed by atoms with Gasteiger partial charge in [0, 0.05) is 49.7 Å². The molecule has 10 heteroatoms. The van der Waals surface area contributed by atoms with Crippen LogP contribution in [0.2, 0.25) is 0 Å². The van der Waals surface area contributed by atoms with E-state index in [1.807, 2.05) is 49.9 Å². The number of amides is 3. The molecule has 3 aliphatic rings. The molecule has 41 heavy (non-hydrogen) atoms. The minimum atomic E-state index is -0.532. The number of carbonyl (C=O) groups excluding carboxylic acids is 3. The number of benzene rings is 1. The molecule has 1 aromatic heterocycles. The van der Waals surface area contributed by atoms with Gasteiger partial charge >= 0.3 is 12.3 Å². The van der Waals surface area contributed by atoms with Crippen molar-refractivity contribution in [3.8, 4) is 18.0 Å². The highest BCUT2D eigenvalue weighted by atomic mass is 16.6. The fourth-order valence-corrected chi connectivity index (χ4v) is 5.62. The molecule has 1 aromatic carbocycles. The molecule has 0 spiro atoms. The Hall–Kier alpha value is -4.00. The lowest BCUT2D eigenvalue weighted by atomic mass is 10.0. The number of nitrogens with zero attached hydrogens (tertiary/aromatic N) is 6. The Morgan fingerprint density at radius 2 is 1.61 bits per heavy atom. The van der Waals surface area contributed by atoms with Gasteiger partial charge in [0.05, 0.1) is 18.4 Å². The maximum atomic E-state index is 13.6. The predicted octanol–water partition coefficient (Wildman–Crippen LogP) is 4.60. The molecule has 2 aromatic rings. The predicted molar refractivity (Wildman–Crippen MR) is 154 cm³/mol. The zero-order valence-corrected chi connectivity index (χ0v) is 24.2. The summed E-state index contributed by atoms with van der Waals surface area (Å²) in [5.41, 5.74) is 1.63. The Balaban J connectivity index is 1.19. The highest BCUT2D eigenvalue weighted by Gasteiger charge is 2.40. The van der Waals surface area contributed by atoms with Crippen molar-refractivity contribution in [3.63, 3.8) is 0 Å². The number of carbonyl (C=O) groups is 3. The lowest BCUT2D eigenvalue weighted by Gasteiger charge is -2.39. The molecule has 216 valence electrons. The molecular formula is C31H39N6O4+. The monoisotopic (exact) mass is 559 g/mol. The second kappa shape index (κ2) is 11.9. The molecule has 3 heterocycles. The van der Waals surface area contributed by atoms with Gasteiger partial charge in [0.15, 0.2) is 5.82 Å². The first-order valence-corrected chi connectivity index (χ1v) is 14.5. The normalized spacial score (nSPS) is 19.5. The summed E-state index contributed by atoms with van der Waals surface area (Å²) in [5.74, 6) is 0.474. The number of hydrogen-bond donors (Lipinski definition) is 0. The van der Waals surface area contributed by atoms with Crippen LogP contribution in [0.3, 0.4) is 0 Å². The van der Waals surface area contributed by atoms with Gasteiger partial charge in [-0.2, -0.15) is 0 Å². The van der Waals surface area contributed by atoms with Crippen molar-refractivity contribution in [2.45, 2.75) is 89.6 Å². The average molecular weight is 560 g/mol. The summed E-state index contributed by atoms with van der Waals surface area (Å²) in [6.07, 6.45) is 8.09.